The predicted octanol–water partition coefficient (Wildman–Crippen LogP) is 3.71. The SMILES string of the molecule is Cc1cccc(C(=O)NNC(=O)c2cc3c(s2)CCCCC3)c1C. The van der Waals surface area contributed by atoms with Crippen molar-refractivity contribution in [1.29, 1.82) is 0 Å². The molecule has 0 fully saturated rings. The Labute approximate surface area is 146 Å². The zero-order valence-corrected chi connectivity index (χ0v) is 14.9. The van der Waals surface area contributed by atoms with E-state index in [9.17, 15) is 9.59 Å². The molecule has 2 N–H and O–H groups in total. The zero-order chi connectivity index (χ0) is 17.1. The van der Waals surface area contributed by atoms with E-state index in [1.54, 1.807) is 17.4 Å². The summed E-state index contributed by atoms with van der Waals surface area (Å²) in [5, 5.41) is 0. The van der Waals surface area contributed by atoms with E-state index in [-0.39, 0.29) is 11.8 Å². The molecule has 24 heavy (non-hydrogen) atoms. The average molecular weight is 342 g/mol. The van der Waals surface area contributed by atoms with Crippen LogP contribution in [0.1, 0.15) is 60.9 Å². The van der Waals surface area contributed by atoms with Gasteiger partial charge in [-0.1, -0.05) is 18.6 Å². The van der Waals surface area contributed by atoms with Crippen molar-refractivity contribution in [1.82, 2.24) is 10.9 Å². The van der Waals surface area contributed by atoms with Crippen molar-refractivity contribution in [3.63, 3.8) is 0 Å². The van der Waals surface area contributed by atoms with Crippen LogP contribution in [0, 0.1) is 13.8 Å². The van der Waals surface area contributed by atoms with Gasteiger partial charge in [0.15, 0.2) is 0 Å². The van der Waals surface area contributed by atoms with Crippen LogP contribution >= 0.6 is 11.3 Å². The van der Waals surface area contributed by atoms with Crippen molar-refractivity contribution < 1.29 is 9.59 Å². The lowest BCUT2D eigenvalue weighted by molar-refractivity contribution is 0.0848. The molecule has 5 heteroatoms. The maximum absolute atomic E-state index is 12.3. The molecule has 0 saturated heterocycles. The lowest BCUT2D eigenvalue weighted by Gasteiger charge is -2.10. The monoisotopic (exact) mass is 342 g/mol. The van der Waals surface area contributed by atoms with E-state index < -0.39 is 0 Å². The number of hydrazine groups is 1. The highest BCUT2D eigenvalue weighted by atomic mass is 32.1. The molecule has 2 amide bonds. The minimum Gasteiger partial charge on any atom is -0.267 e. The lowest BCUT2D eigenvalue weighted by atomic mass is 10.0. The molecular formula is C19H22N2O2S. The second-order valence-corrected chi connectivity index (χ2v) is 7.41. The molecule has 1 heterocycles. The summed E-state index contributed by atoms with van der Waals surface area (Å²) in [4.78, 5) is 26.6. The summed E-state index contributed by atoms with van der Waals surface area (Å²) in [7, 11) is 0. The molecule has 4 nitrogen and oxygen atoms in total. The standard InChI is InChI=1S/C19H22N2O2S/c1-12-7-6-9-15(13(12)2)18(22)20-21-19(23)17-11-14-8-4-3-5-10-16(14)24-17/h6-7,9,11H,3-5,8,10H2,1-2H3,(H,20,22)(H,21,23). The number of hydrogen-bond donors (Lipinski definition) is 2. The Kier molecular flexibility index (Phi) is 5.00. The first-order chi connectivity index (χ1) is 11.6. The highest BCUT2D eigenvalue weighted by Crippen LogP contribution is 2.28. The van der Waals surface area contributed by atoms with Crippen LogP contribution in [0.4, 0.5) is 0 Å². The van der Waals surface area contributed by atoms with Gasteiger partial charge in [-0.05, 0) is 68.4 Å². The third kappa shape index (κ3) is 3.51. The topological polar surface area (TPSA) is 58.2 Å². The van der Waals surface area contributed by atoms with Gasteiger partial charge in [-0.25, -0.2) is 0 Å². The molecule has 0 saturated carbocycles. The van der Waals surface area contributed by atoms with Gasteiger partial charge in [-0.3, -0.25) is 20.4 Å². The Morgan fingerprint density at radius 2 is 1.75 bits per heavy atom. The average Bonchev–Trinajstić information content (AvgIpc) is 2.86. The largest absolute Gasteiger partial charge is 0.279 e. The van der Waals surface area contributed by atoms with Crippen LogP contribution in [-0.4, -0.2) is 11.8 Å². The number of fused-ring (bicyclic) bond motifs is 1. The summed E-state index contributed by atoms with van der Waals surface area (Å²) in [5.41, 5.74) is 8.92. The fourth-order valence-corrected chi connectivity index (χ4v) is 4.17. The van der Waals surface area contributed by atoms with Gasteiger partial charge >= 0.3 is 0 Å². The molecule has 3 rings (SSSR count). The quantitative estimate of drug-likeness (QED) is 0.646. The van der Waals surface area contributed by atoms with Crippen molar-refractivity contribution in [2.75, 3.05) is 0 Å². The van der Waals surface area contributed by atoms with Crippen LogP contribution in [0.15, 0.2) is 24.3 Å². The Bertz CT molecular complexity index is 756. The molecule has 0 bridgehead atoms. The van der Waals surface area contributed by atoms with Gasteiger partial charge in [-0.2, -0.15) is 0 Å². The van der Waals surface area contributed by atoms with Crippen LogP contribution in [0.2, 0.25) is 0 Å². The van der Waals surface area contributed by atoms with Gasteiger partial charge in [0.2, 0.25) is 0 Å². The maximum Gasteiger partial charge on any atom is 0.279 e. The Morgan fingerprint density at radius 3 is 2.58 bits per heavy atom. The first-order valence-corrected chi connectivity index (χ1v) is 9.16. The number of carbonyl (C=O) groups is 2. The van der Waals surface area contributed by atoms with Crippen molar-refractivity contribution in [2.24, 2.45) is 0 Å². The summed E-state index contributed by atoms with van der Waals surface area (Å²) in [6.45, 7) is 3.87. The summed E-state index contributed by atoms with van der Waals surface area (Å²) in [6, 6.07) is 7.54. The fourth-order valence-electron chi connectivity index (χ4n) is 3.02. The number of benzene rings is 1. The smallest absolute Gasteiger partial charge is 0.267 e. The van der Waals surface area contributed by atoms with Gasteiger partial charge in [0.25, 0.3) is 11.8 Å². The number of hydrogen-bond acceptors (Lipinski definition) is 3. The van der Waals surface area contributed by atoms with Crippen LogP contribution < -0.4 is 10.9 Å². The number of rotatable bonds is 2. The second-order valence-electron chi connectivity index (χ2n) is 6.28. The Balaban J connectivity index is 1.65. The minimum atomic E-state index is -0.289. The Hall–Kier alpha value is -2.14. The summed E-state index contributed by atoms with van der Waals surface area (Å²) in [5.74, 6) is -0.533. The van der Waals surface area contributed by atoms with Crippen LogP contribution in [0.3, 0.4) is 0 Å². The predicted molar refractivity (Wildman–Crippen MR) is 96.4 cm³/mol. The molecule has 0 aliphatic heterocycles. The third-order valence-electron chi connectivity index (χ3n) is 4.61. The van der Waals surface area contributed by atoms with Gasteiger partial charge in [0.05, 0.1) is 4.88 Å². The Morgan fingerprint density at radius 1 is 1.00 bits per heavy atom. The van der Waals surface area contributed by atoms with Gasteiger partial charge in [0.1, 0.15) is 0 Å². The third-order valence-corrected chi connectivity index (χ3v) is 5.85. The maximum atomic E-state index is 12.3. The number of aryl methyl sites for hydroxylation is 3. The molecule has 0 spiro atoms. The minimum absolute atomic E-state index is 0.244. The molecule has 0 unspecified atom stereocenters. The van der Waals surface area contributed by atoms with Crippen LogP contribution in [-0.2, 0) is 12.8 Å². The van der Waals surface area contributed by atoms with E-state index in [4.69, 9.17) is 0 Å². The summed E-state index contributed by atoms with van der Waals surface area (Å²) in [6.07, 6.45) is 5.75. The molecule has 126 valence electrons. The number of amides is 2. The van der Waals surface area contributed by atoms with E-state index in [0.29, 0.717) is 10.4 Å². The van der Waals surface area contributed by atoms with E-state index in [1.165, 1.54) is 29.7 Å². The van der Waals surface area contributed by atoms with Crippen LogP contribution in [0.25, 0.3) is 0 Å². The lowest BCUT2D eigenvalue weighted by Crippen LogP contribution is -2.41. The number of thiophene rings is 1. The van der Waals surface area contributed by atoms with Crippen molar-refractivity contribution in [2.45, 2.75) is 46.0 Å². The highest BCUT2D eigenvalue weighted by Gasteiger charge is 2.17. The fraction of sp³-hybridized carbons (Fsp3) is 0.368. The summed E-state index contributed by atoms with van der Waals surface area (Å²) < 4.78 is 0. The molecule has 1 aliphatic carbocycles. The van der Waals surface area contributed by atoms with Crippen molar-refractivity contribution in [3.05, 3.63) is 56.3 Å². The number of carbonyl (C=O) groups excluding carboxylic acids is 2. The molecule has 1 aliphatic rings. The van der Waals surface area contributed by atoms with Gasteiger partial charge in [0, 0.05) is 10.4 Å². The van der Waals surface area contributed by atoms with Gasteiger partial charge in [-0.15, -0.1) is 11.3 Å². The number of nitrogens with one attached hydrogen (secondary N) is 2. The molecule has 0 radical (unpaired) electrons. The molecule has 2 aromatic rings. The molecular weight excluding hydrogens is 320 g/mol. The highest BCUT2D eigenvalue weighted by molar-refractivity contribution is 7.14. The molecule has 0 atom stereocenters. The zero-order valence-electron chi connectivity index (χ0n) is 14.1. The first-order valence-electron chi connectivity index (χ1n) is 8.34. The van der Waals surface area contributed by atoms with E-state index in [2.05, 4.69) is 10.9 Å². The first kappa shape index (κ1) is 16.7. The van der Waals surface area contributed by atoms with Gasteiger partial charge < -0.3 is 0 Å². The normalized spacial score (nSPS) is 13.8. The summed E-state index contributed by atoms with van der Waals surface area (Å²) >= 11 is 1.55. The van der Waals surface area contributed by atoms with Crippen molar-refractivity contribution in [3.8, 4) is 0 Å². The van der Waals surface area contributed by atoms with Crippen LogP contribution in [0.5, 0.6) is 0 Å². The molecule has 1 aromatic heterocycles. The van der Waals surface area contributed by atoms with E-state index >= 15 is 0 Å². The van der Waals surface area contributed by atoms with E-state index in [1.807, 2.05) is 32.0 Å². The van der Waals surface area contributed by atoms with E-state index in [0.717, 1.165) is 24.0 Å². The van der Waals surface area contributed by atoms with Crippen molar-refractivity contribution >= 4 is 23.2 Å². The second kappa shape index (κ2) is 7.18. The molecule has 1 aromatic carbocycles.